The second-order valence-corrected chi connectivity index (χ2v) is 4.27. The summed E-state index contributed by atoms with van der Waals surface area (Å²) >= 11 is 3.58. The fourth-order valence-corrected chi connectivity index (χ4v) is 1.27. The smallest absolute Gasteiger partial charge is 0.137 e. The van der Waals surface area contributed by atoms with Crippen LogP contribution in [0, 0.1) is 6.92 Å². The molecule has 1 aromatic rings. The van der Waals surface area contributed by atoms with Crippen molar-refractivity contribution in [3.8, 4) is 0 Å². The van der Waals surface area contributed by atoms with Crippen molar-refractivity contribution in [2.75, 3.05) is 0 Å². The number of nitrogens with zero attached hydrogens (tertiary/aromatic N) is 1. The van der Waals surface area contributed by atoms with Crippen LogP contribution in [0.25, 0.3) is 0 Å². The van der Waals surface area contributed by atoms with Crippen LogP contribution in [0.1, 0.15) is 31.2 Å². The van der Waals surface area contributed by atoms with Gasteiger partial charge in [-0.15, -0.1) is 0 Å². The number of aryl methyl sites for hydroxylation is 2. The highest BCUT2D eigenvalue weighted by Gasteiger charge is 2.04. The molecule has 0 spiro atoms. The lowest BCUT2D eigenvalue weighted by Gasteiger charge is -2.02. The molecule has 12 heavy (non-hydrogen) atoms. The first-order valence-electron chi connectivity index (χ1n) is 4.28. The van der Waals surface area contributed by atoms with Crippen LogP contribution < -0.4 is 0 Å². The largest absolute Gasteiger partial charge is 0.361 e. The fraction of sp³-hybridized carbons (Fsp3) is 0.667. The third kappa shape index (κ3) is 2.97. The molecule has 0 radical (unpaired) electrons. The minimum absolute atomic E-state index is 0.600. The van der Waals surface area contributed by atoms with Gasteiger partial charge in [-0.2, -0.15) is 0 Å². The van der Waals surface area contributed by atoms with Crippen LogP contribution in [0.2, 0.25) is 0 Å². The van der Waals surface area contributed by atoms with Crippen LogP contribution in [-0.2, 0) is 6.42 Å². The molecule has 0 aromatic carbocycles. The lowest BCUT2D eigenvalue weighted by Crippen LogP contribution is -1.96. The highest BCUT2D eigenvalue weighted by molar-refractivity contribution is 9.09. The third-order valence-corrected chi connectivity index (χ3v) is 2.93. The Balaban J connectivity index is 2.33. The Bertz CT molecular complexity index is 234. The maximum absolute atomic E-state index is 5.09. The number of hydrogen-bond donors (Lipinski definition) is 0. The molecule has 0 aliphatic heterocycles. The van der Waals surface area contributed by atoms with Gasteiger partial charge < -0.3 is 4.52 Å². The van der Waals surface area contributed by atoms with Gasteiger partial charge in [0.25, 0.3) is 0 Å². The quantitative estimate of drug-likeness (QED) is 0.745. The first-order chi connectivity index (χ1) is 5.72. The molecule has 0 N–H and O–H groups in total. The number of hydrogen-bond acceptors (Lipinski definition) is 2. The average molecular weight is 232 g/mol. The van der Waals surface area contributed by atoms with Crippen molar-refractivity contribution in [1.82, 2.24) is 5.16 Å². The Morgan fingerprint density at radius 1 is 1.67 bits per heavy atom. The van der Waals surface area contributed by atoms with Gasteiger partial charge in [0.15, 0.2) is 0 Å². The summed E-state index contributed by atoms with van der Waals surface area (Å²) in [7, 11) is 0. The molecule has 0 amide bonds. The van der Waals surface area contributed by atoms with E-state index < -0.39 is 0 Å². The summed E-state index contributed by atoms with van der Waals surface area (Å²) in [5, 5.41) is 3.83. The van der Waals surface area contributed by atoms with E-state index in [1.54, 1.807) is 0 Å². The van der Waals surface area contributed by atoms with Crippen molar-refractivity contribution in [3.63, 3.8) is 0 Å². The van der Waals surface area contributed by atoms with Gasteiger partial charge in [-0.3, -0.25) is 0 Å². The second-order valence-electron chi connectivity index (χ2n) is 2.98. The summed E-state index contributed by atoms with van der Waals surface area (Å²) in [5.74, 6) is 0.991. The van der Waals surface area contributed by atoms with E-state index in [9.17, 15) is 0 Å². The van der Waals surface area contributed by atoms with Gasteiger partial charge in [0.1, 0.15) is 5.76 Å². The molecule has 1 unspecified atom stereocenters. The zero-order valence-electron chi connectivity index (χ0n) is 7.51. The summed E-state index contributed by atoms with van der Waals surface area (Å²) in [4.78, 5) is 0.600. The third-order valence-electron chi connectivity index (χ3n) is 1.82. The Morgan fingerprint density at radius 2 is 2.42 bits per heavy atom. The molecule has 1 heterocycles. The molecule has 0 aliphatic carbocycles. The molecule has 0 aliphatic rings. The van der Waals surface area contributed by atoms with Gasteiger partial charge in [-0.05, 0) is 19.8 Å². The Hall–Kier alpha value is -0.310. The van der Waals surface area contributed by atoms with E-state index in [1.165, 1.54) is 0 Å². The highest BCUT2D eigenvalue weighted by Crippen LogP contribution is 2.14. The molecule has 1 rings (SSSR count). The van der Waals surface area contributed by atoms with Crippen molar-refractivity contribution in [3.05, 3.63) is 17.5 Å². The summed E-state index contributed by atoms with van der Waals surface area (Å²) < 4.78 is 5.09. The van der Waals surface area contributed by atoms with Gasteiger partial charge >= 0.3 is 0 Å². The van der Waals surface area contributed by atoms with Gasteiger partial charge in [-0.1, -0.05) is 28.0 Å². The van der Waals surface area contributed by atoms with E-state index in [-0.39, 0.29) is 0 Å². The minimum Gasteiger partial charge on any atom is -0.361 e. The first kappa shape index (κ1) is 9.78. The summed E-state index contributed by atoms with van der Waals surface area (Å²) in [5.41, 5.74) is 0.965. The van der Waals surface area contributed by atoms with Crippen molar-refractivity contribution >= 4 is 15.9 Å². The van der Waals surface area contributed by atoms with Gasteiger partial charge in [0.05, 0.1) is 5.69 Å². The minimum atomic E-state index is 0.600. The number of rotatable bonds is 4. The zero-order valence-corrected chi connectivity index (χ0v) is 9.10. The van der Waals surface area contributed by atoms with Gasteiger partial charge in [-0.25, -0.2) is 0 Å². The SMILES string of the molecule is CCC(Br)CCc1cc(C)no1. The summed E-state index contributed by atoms with van der Waals surface area (Å²) in [6.07, 6.45) is 3.25. The van der Waals surface area contributed by atoms with Crippen LogP contribution in [0.5, 0.6) is 0 Å². The molecule has 1 atom stereocenters. The lowest BCUT2D eigenvalue weighted by molar-refractivity contribution is 0.376. The molecular weight excluding hydrogens is 218 g/mol. The Kier molecular flexibility index (Phi) is 3.79. The van der Waals surface area contributed by atoms with Crippen molar-refractivity contribution < 1.29 is 4.52 Å². The van der Waals surface area contributed by atoms with E-state index in [0.717, 1.165) is 30.7 Å². The van der Waals surface area contributed by atoms with Crippen LogP contribution in [0.4, 0.5) is 0 Å². The fourth-order valence-electron chi connectivity index (χ4n) is 1.04. The number of aromatic nitrogens is 1. The predicted molar refractivity (Wildman–Crippen MR) is 52.6 cm³/mol. The van der Waals surface area contributed by atoms with Gasteiger partial charge in [0.2, 0.25) is 0 Å². The lowest BCUT2D eigenvalue weighted by atomic mass is 10.2. The van der Waals surface area contributed by atoms with Crippen LogP contribution >= 0.6 is 15.9 Å². The van der Waals surface area contributed by atoms with Crippen LogP contribution in [-0.4, -0.2) is 9.98 Å². The van der Waals surface area contributed by atoms with E-state index in [2.05, 4.69) is 28.0 Å². The molecule has 3 heteroatoms. The normalized spacial score (nSPS) is 13.2. The van der Waals surface area contributed by atoms with Crippen molar-refractivity contribution in [2.24, 2.45) is 0 Å². The molecule has 68 valence electrons. The van der Waals surface area contributed by atoms with Crippen LogP contribution in [0.15, 0.2) is 10.6 Å². The predicted octanol–water partition coefficient (Wildman–Crippen LogP) is 3.09. The maximum atomic E-state index is 5.09. The monoisotopic (exact) mass is 231 g/mol. The molecular formula is C9H14BrNO. The van der Waals surface area contributed by atoms with Gasteiger partial charge in [0, 0.05) is 17.3 Å². The first-order valence-corrected chi connectivity index (χ1v) is 5.20. The topological polar surface area (TPSA) is 26.0 Å². The summed E-state index contributed by atoms with van der Waals surface area (Å²) in [6, 6.07) is 2.00. The molecule has 0 saturated carbocycles. The van der Waals surface area contributed by atoms with Crippen molar-refractivity contribution in [2.45, 2.75) is 37.9 Å². The molecule has 0 bridgehead atoms. The van der Waals surface area contributed by atoms with Crippen molar-refractivity contribution in [1.29, 1.82) is 0 Å². The number of halogens is 1. The van der Waals surface area contributed by atoms with E-state index in [0.29, 0.717) is 4.83 Å². The van der Waals surface area contributed by atoms with E-state index in [4.69, 9.17) is 4.52 Å². The van der Waals surface area contributed by atoms with Crippen LogP contribution in [0.3, 0.4) is 0 Å². The standard InChI is InChI=1S/C9H14BrNO/c1-3-8(10)4-5-9-6-7(2)11-12-9/h6,8H,3-5H2,1-2H3. The summed E-state index contributed by atoms with van der Waals surface area (Å²) in [6.45, 7) is 4.11. The van der Waals surface area contributed by atoms with E-state index in [1.807, 2.05) is 13.0 Å². The molecule has 0 fully saturated rings. The Labute approximate surface area is 81.5 Å². The molecule has 1 aromatic heterocycles. The number of alkyl halides is 1. The maximum Gasteiger partial charge on any atom is 0.137 e. The van der Waals surface area contributed by atoms with E-state index >= 15 is 0 Å². The second kappa shape index (κ2) is 4.65. The molecule has 2 nitrogen and oxygen atoms in total. The zero-order chi connectivity index (χ0) is 8.97. The highest BCUT2D eigenvalue weighted by atomic mass is 79.9. The Morgan fingerprint density at radius 3 is 2.92 bits per heavy atom. The average Bonchev–Trinajstić information content (AvgIpc) is 2.47. The molecule has 0 saturated heterocycles.